The Labute approximate surface area is 104 Å². The van der Waals surface area contributed by atoms with Gasteiger partial charge in [-0.1, -0.05) is 18.5 Å². The Balaban J connectivity index is 2.31. The molecule has 5 heteroatoms. The number of hydrogen-bond acceptors (Lipinski definition) is 4. The van der Waals surface area contributed by atoms with Crippen LogP contribution in [-0.4, -0.2) is 16.5 Å². The fourth-order valence-corrected chi connectivity index (χ4v) is 2.69. The number of nitrogens with zero attached hydrogens (tertiary/aromatic N) is 2. The molecule has 1 atom stereocenters. The van der Waals surface area contributed by atoms with Gasteiger partial charge in [0.1, 0.15) is 6.33 Å². The van der Waals surface area contributed by atoms with Crippen LogP contribution in [-0.2, 0) is 0 Å². The van der Waals surface area contributed by atoms with Gasteiger partial charge in [0.05, 0.1) is 10.4 Å². The van der Waals surface area contributed by atoms with Crippen molar-refractivity contribution in [3.05, 3.63) is 45.6 Å². The summed E-state index contributed by atoms with van der Waals surface area (Å²) in [6, 6.07) is 4.08. The molecule has 0 radical (unpaired) electrons. The lowest BCUT2D eigenvalue weighted by Gasteiger charge is -2.15. The van der Waals surface area contributed by atoms with E-state index in [1.807, 2.05) is 24.5 Å². The molecular weight excluding hydrogens is 242 g/mol. The zero-order valence-electron chi connectivity index (χ0n) is 8.85. The van der Waals surface area contributed by atoms with Gasteiger partial charge in [0.2, 0.25) is 0 Å². The number of thiophene rings is 1. The summed E-state index contributed by atoms with van der Waals surface area (Å²) in [6.07, 6.45) is 5.19. The first-order valence-corrected chi connectivity index (χ1v) is 6.24. The third-order valence-corrected chi connectivity index (χ3v) is 3.50. The average molecular weight is 254 g/mol. The molecule has 84 valence electrons. The van der Waals surface area contributed by atoms with E-state index in [0.29, 0.717) is 0 Å². The Morgan fingerprint density at radius 3 is 2.69 bits per heavy atom. The molecule has 0 saturated heterocycles. The maximum Gasteiger partial charge on any atom is 0.115 e. The van der Waals surface area contributed by atoms with E-state index in [0.717, 1.165) is 16.4 Å². The lowest BCUT2D eigenvalue weighted by Crippen LogP contribution is -2.21. The predicted octanol–water partition coefficient (Wildman–Crippen LogP) is 2.89. The molecule has 0 saturated carbocycles. The van der Waals surface area contributed by atoms with Crippen LogP contribution in [0.3, 0.4) is 0 Å². The lowest BCUT2D eigenvalue weighted by atomic mass is 10.1. The first-order chi connectivity index (χ1) is 7.81. The smallest absolute Gasteiger partial charge is 0.115 e. The van der Waals surface area contributed by atoms with Gasteiger partial charge in [-0.05, 0) is 18.7 Å². The molecule has 3 nitrogen and oxygen atoms in total. The minimum Gasteiger partial charge on any atom is -0.306 e. The van der Waals surface area contributed by atoms with E-state index in [1.54, 1.807) is 11.3 Å². The van der Waals surface area contributed by atoms with Gasteiger partial charge in [0, 0.05) is 22.8 Å². The van der Waals surface area contributed by atoms with Crippen molar-refractivity contribution in [2.24, 2.45) is 0 Å². The number of aromatic nitrogens is 2. The van der Waals surface area contributed by atoms with Crippen LogP contribution in [0.1, 0.15) is 23.4 Å². The van der Waals surface area contributed by atoms with Crippen LogP contribution in [0.4, 0.5) is 0 Å². The highest BCUT2D eigenvalue weighted by Gasteiger charge is 2.15. The van der Waals surface area contributed by atoms with Gasteiger partial charge >= 0.3 is 0 Å². The van der Waals surface area contributed by atoms with Crippen molar-refractivity contribution in [2.45, 2.75) is 13.0 Å². The summed E-state index contributed by atoms with van der Waals surface area (Å²) in [5.41, 5.74) is 1.06. The Bertz CT molecular complexity index is 444. The molecule has 2 aromatic rings. The molecular formula is C11H12ClN3S. The molecule has 2 rings (SSSR count). The molecule has 2 aromatic heterocycles. The van der Waals surface area contributed by atoms with Gasteiger partial charge in [-0.15, -0.1) is 11.3 Å². The van der Waals surface area contributed by atoms with E-state index >= 15 is 0 Å². The van der Waals surface area contributed by atoms with Crippen molar-refractivity contribution in [3.8, 4) is 0 Å². The molecule has 0 aliphatic carbocycles. The number of rotatable bonds is 4. The van der Waals surface area contributed by atoms with Gasteiger partial charge < -0.3 is 5.32 Å². The Morgan fingerprint density at radius 1 is 1.38 bits per heavy atom. The maximum atomic E-state index is 5.95. The van der Waals surface area contributed by atoms with Gasteiger partial charge in [0.15, 0.2) is 0 Å². The van der Waals surface area contributed by atoms with Crippen molar-refractivity contribution < 1.29 is 0 Å². The van der Waals surface area contributed by atoms with Crippen molar-refractivity contribution in [2.75, 3.05) is 6.54 Å². The topological polar surface area (TPSA) is 37.8 Å². The van der Waals surface area contributed by atoms with Gasteiger partial charge in [-0.25, -0.2) is 9.97 Å². The number of halogens is 1. The molecule has 16 heavy (non-hydrogen) atoms. The van der Waals surface area contributed by atoms with Crippen molar-refractivity contribution in [1.82, 2.24) is 15.3 Å². The van der Waals surface area contributed by atoms with Crippen molar-refractivity contribution in [1.29, 1.82) is 0 Å². The molecule has 0 spiro atoms. The van der Waals surface area contributed by atoms with Gasteiger partial charge in [-0.3, -0.25) is 0 Å². The zero-order chi connectivity index (χ0) is 11.4. The standard InChI is InChI=1S/C11H12ClN3S/c1-2-15-11(8-5-13-7-14-6-8)9-3-4-10(12)16-9/h3-7,11,15H,2H2,1H3. The second kappa shape index (κ2) is 5.39. The van der Waals surface area contributed by atoms with Crippen molar-refractivity contribution >= 4 is 22.9 Å². The SMILES string of the molecule is CCNC(c1cncnc1)c1ccc(Cl)s1. The normalized spacial score (nSPS) is 12.6. The highest BCUT2D eigenvalue weighted by atomic mass is 35.5. The third-order valence-electron chi connectivity index (χ3n) is 2.20. The van der Waals surface area contributed by atoms with E-state index in [2.05, 4.69) is 22.2 Å². The summed E-state index contributed by atoms with van der Waals surface area (Å²) >= 11 is 7.53. The molecule has 2 heterocycles. The van der Waals surface area contributed by atoms with Crippen LogP contribution in [0.25, 0.3) is 0 Å². The first kappa shape index (κ1) is 11.5. The minimum absolute atomic E-state index is 0.128. The van der Waals surface area contributed by atoms with Crippen LogP contribution in [0, 0.1) is 0 Å². The van der Waals surface area contributed by atoms with Gasteiger partial charge in [0.25, 0.3) is 0 Å². The van der Waals surface area contributed by atoms with Crippen LogP contribution in [0.5, 0.6) is 0 Å². The monoisotopic (exact) mass is 253 g/mol. The van der Waals surface area contributed by atoms with E-state index in [1.165, 1.54) is 11.2 Å². The second-order valence-electron chi connectivity index (χ2n) is 3.30. The summed E-state index contributed by atoms with van der Waals surface area (Å²) in [5.74, 6) is 0. The molecule has 0 bridgehead atoms. The predicted molar refractivity (Wildman–Crippen MR) is 66.9 cm³/mol. The summed E-state index contributed by atoms with van der Waals surface area (Å²) < 4.78 is 0.801. The fraction of sp³-hybridized carbons (Fsp3) is 0.273. The average Bonchev–Trinajstić information content (AvgIpc) is 2.74. The molecule has 0 aliphatic heterocycles. The molecule has 0 fully saturated rings. The van der Waals surface area contributed by atoms with Crippen LogP contribution < -0.4 is 5.32 Å². The van der Waals surface area contributed by atoms with Crippen LogP contribution >= 0.6 is 22.9 Å². The molecule has 1 N–H and O–H groups in total. The highest BCUT2D eigenvalue weighted by Crippen LogP contribution is 2.30. The largest absolute Gasteiger partial charge is 0.306 e. The molecule has 0 amide bonds. The fourth-order valence-electron chi connectivity index (χ4n) is 1.53. The summed E-state index contributed by atoms with van der Waals surface area (Å²) in [7, 11) is 0. The van der Waals surface area contributed by atoms with E-state index < -0.39 is 0 Å². The van der Waals surface area contributed by atoms with E-state index in [4.69, 9.17) is 11.6 Å². The molecule has 0 aromatic carbocycles. The highest BCUT2D eigenvalue weighted by molar-refractivity contribution is 7.16. The second-order valence-corrected chi connectivity index (χ2v) is 5.05. The van der Waals surface area contributed by atoms with Crippen molar-refractivity contribution in [3.63, 3.8) is 0 Å². The van der Waals surface area contributed by atoms with Crippen LogP contribution in [0.2, 0.25) is 4.34 Å². The summed E-state index contributed by atoms with van der Waals surface area (Å²) in [6.45, 7) is 2.96. The molecule has 1 unspecified atom stereocenters. The first-order valence-electron chi connectivity index (χ1n) is 5.04. The lowest BCUT2D eigenvalue weighted by molar-refractivity contribution is 0.635. The van der Waals surface area contributed by atoms with Crippen LogP contribution in [0.15, 0.2) is 30.9 Å². The van der Waals surface area contributed by atoms with E-state index in [-0.39, 0.29) is 6.04 Å². The zero-order valence-corrected chi connectivity index (χ0v) is 10.4. The Morgan fingerprint density at radius 2 is 2.12 bits per heavy atom. The number of hydrogen-bond donors (Lipinski definition) is 1. The maximum absolute atomic E-state index is 5.95. The quantitative estimate of drug-likeness (QED) is 0.911. The Hall–Kier alpha value is -0.970. The summed E-state index contributed by atoms with van der Waals surface area (Å²) in [4.78, 5) is 9.26. The Kier molecular flexibility index (Phi) is 3.88. The van der Waals surface area contributed by atoms with E-state index in [9.17, 15) is 0 Å². The molecule has 0 aliphatic rings. The van der Waals surface area contributed by atoms with Gasteiger partial charge in [-0.2, -0.15) is 0 Å². The summed E-state index contributed by atoms with van der Waals surface area (Å²) in [5, 5.41) is 3.40. The minimum atomic E-state index is 0.128. The number of nitrogens with one attached hydrogen (secondary N) is 1. The third kappa shape index (κ3) is 2.58.